The molecule has 4 nitrogen and oxygen atoms in total. The number of aromatic hydroxyl groups is 1. The van der Waals surface area contributed by atoms with Crippen LogP contribution in [0, 0.1) is 6.92 Å². The summed E-state index contributed by atoms with van der Waals surface area (Å²) in [5.74, 6) is 1.45. The molecular weight excluding hydrogens is 180 g/mol. The Hall–Kier alpha value is -1.71. The summed E-state index contributed by atoms with van der Waals surface area (Å²) in [6.07, 6.45) is 3.29. The second-order valence-electron chi connectivity index (χ2n) is 3.45. The molecule has 74 valence electrons. The molecule has 0 saturated heterocycles. The minimum atomic E-state index is 0.179. The second kappa shape index (κ2) is 2.90. The molecule has 0 unspecified atom stereocenters. The third-order valence-electron chi connectivity index (χ3n) is 2.20. The molecule has 0 radical (unpaired) electrons. The van der Waals surface area contributed by atoms with Crippen LogP contribution in [0.4, 0.5) is 5.82 Å². The monoisotopic (exact) mass is 192 g/mol. The number of pyridine rings is 1. The Balaban J connectivity index is 2.79. The Morgan fingerprint density at radius 3 is 2.79 bits per heavy atom. The average molecular weight is 192 g/mol. The van der Waals surface area contributed by atoms with Gasteiger partial charge in [-0.05, 0) is 6.92 Å². The molecule has 2 rings (SSSR count). The molecule has 0 aromatic carbocycles. The first-order chi connectivity index (χ1) is 6.61. The molecule has 0 aliphatic heterocycles. The van der Waals surface area contributed by atoms with Crippen LogP contribution in [0.1, 0.15) is 5.76 Å². The van der Waals surface area contributed by atoms with Gasteiger partial charge in [-0.15, -0.1) is 0 Å². The second-order valence-corrected chi connectivity index (χ2v) is 3.45. The van der Waals surface area contributed by atoms with Crippen molar-refractivity contribution in [1.82, 2.24) is 4.98 Å². The first-order valence-corrected chi connectivity index (χ1v) is 4.34. The molecule has 0 amide bonds. The van der Waals surface area contributed by atoms with Crippen LogP contribution in [0.15, 0.2) is 16.9 Å². The SMILES string of the molecule is Cc1occ2cnc(N(C)C)c(O)c12. The molecule has 0 atom stereocenters. The van der Waals surface area contributed by atoms with Crippen molar-refractivity contribution in [3.05, 3.63) is 18.2 Å². The lowest BCUT2D eigenvalue weighted by atomic mass is 10.2. The van der Waals surface area contributed by atoms with Crippen LogP contribution in [0.3, 0.4) is 0 Å². The van der Waals surface area contributed by atoms with E-state index in [0.717, 1.165) is 10.8 Å². The van der Waals surface area contributed by atoms with E-state index in [2.05, 4.69) is 4.98 Å². The van der Waals surface area contributed by atoms with Crippen molar-refractivity contribution in [1.29, 1.82) is 0 Å². The van der Waals surface area contributed by atoms with E-state index in [1.165, 1.54) is 0 Å². The molecule has 14 heavy (non-hydrogen) atoms. The zero-order chi connectivity index (χ0) is 10.3. The van der Waals surface area contributed by atoms with Crippen LogP contribution in [0.25, 0.3) is 10.8 Å². The number of furan rings is 1. The molecule has 0 aliphatic rings. The first-order valence-electron chi connectivity index (χ1n) is 4.34. The maximum absolute atomic E-state index is 9.93. The van der Waals surface area contributed by atoms with Gasteiger partial charge in [-0.1, -0.05) is 0 Å². The zero-order valence-corrected chi connectivity index (χ0v) is 8.40. The Morgan fingerprint density at radius 1 is 1.43 bits per heavy atom. The standard InChI is InChI=1S/C10H12N2O2/c1-6-8-7(5-14-6)4-11-10(9(8)13)12(2)3/h4-5,13H,1-3H3. The van der Waals surface area contributed by atoms with Gasteiger partial charge in [0.1, 0.15) is 12.0 Å². The summed E-state index contributed by atoms with van der Waals surface area (Å²) in [6.45, 7) is 1.82. The number of fused-ring (bicyclic) bond motifs is 1. The maximum Gasteiger partial charge on any atom is 0.171 e. The van der Waals surface area contributed by atoms with E-state index in [9.17, 15) is 5.11 Å². The number of hydrogen-bond acceptors (Lipinski definition) is 4. The van der Waals surface area contributed by atoms with E-state index in [1.54, 1.807) is 17.4 Å². The predicted octanol–water partition coefficient (Wildman–Crippen LogP) is 1.91. The lowest BCUT2D eigenvalue weighted by Crippen LogP contribution is -2.10. The number of rotatable bonds is 1. The molecule has 2 aromatic heterocycles. The molecule has 1 N–H and O–H groups in total. The predicted molar refractivity (Wildman–Crippen MR) is 54.7 cm³/mol. The van der Waals surface area contributed by atoms with Gasteiger partial charge in [0, 0.05) is 25.7 Å². The fourth-order valence-electron chi connectivity index (χ4n) is 1.50. The summed E-state index contributed by atoms with van der Waals surface area (Å²) in [7, 11) is 3.67. The molecule has 0 fully saturated rings. The quantitative estimate of drug-likeness (QED) is 0.749. The number of aromatic nitrogens is 1. The van der Waals surface area contributed by atoms with Crippen molar-refractivity contribution in [2.75, 3.05) is 19.0 Å². The summed E-state index contributed by atoms with van der Waals surface area (Å²) in [6, 6.07) is 0. The highest BCUT2D eigenvalue weighted by Crippen LogP contribution is 2.34. The normalized spacial score (nSPS) is 10.8. The Labute approximate surface area is 81.8 Å². The lowest BCUT2D eigenvalue weighted by Gasteiger charge is -2.12. The van der Waals surface area contributed by atoms with Crippen LogP contribution in [0.2, 0.25) is 0 Å². The highest BCUT2D eigenvalue weighted by atomic mass is 16.3. The summed E-state index contributed by atoms with van der Waals surface area (Å²) >= 11 is 0. The third kappa shape index (κ3) is 1.11. The molecule has 2 heterocycles. The van der Waals surface area contributed by atoms with E-state index in [-0.39, 0.29) is 5.75 Å². The summed E-state index contributed by atoms with van der Waals surface area (Å²) in [5, 5.41) is 11.5. The van der Waals surface area contributed by atoms with Gasteiger partial charge in [0.2, 0.25) is 0 Å². The molecule has 0 saturated carbocycles. The van der Waals surface area contributed by atoms with Gasteiger partial charge in [-0.2, -0.15) is 0 Å². The summed E-state index contributed by atoms with van der Waals surface area (Å²) in [4.78, 5) is 5.90. The Bertz CT molecular complexity index is 474. The van der Waals surface area contributed by atoms with Gasteiger partial charge in [0.05, 0.1) is 5.39 Å². The molecule has 2 aromatic rings. The largest absolute Gasteiger partial charge is 0.504 e. The van der Waals surface area contributed by atoms with Crippen molar-refractivity contribution >= 4 is 16.6 Å². The minimum absolute atomic E-state index is 0.179. The van der Waals surface area contributed by atoms with Crippen LogP contribution in [-0.2, 0) is 0 Å². The van der Waals surface area contributed by atoms with E-state index in [4.69, 9.17) is 4.42 Å². The van der Waals surface area contributed by atoms with Crippen molar-refractivity contribution in [3.8, 4) is 5.75 Å². The third-order valence-corrected chi connectivity index (χ3v) is 2.20. The molecule has 0 spiro atoms. The van der Waals surface area contributed by atoms with Crippen LogP contribution in [0.5, 0.6) is 5.75 Å². The van der Waals surface area contributed by atoms with Crippen LogP contribution < -0.4 is 4.90 Å². The first kappa shape index (κ1) is 8.87. The number of anilines is 1. The van der Waals surface area contributed by atoms with E-state index >= 15 is 0 Å². The van der Waals surface area contributed by atoms with Crippen LogP contribution >= 0.6 is 0 Å². The zero-order valence-electron chi connectivity index (χ0n) is 8.40. The summed E-state index contributed by atoms with van der Waals surface area (Å²) < 4.78 is 5.21. The fourth-order valence-corrected chi connectivity index (χ4v) is 1.50. The smallest absolute Gasteiger partial charge is 0.171 e. The molecule has 4 heteroatoms. The van der Waals surface area contributed by atoms with Crippen molar-refractivity contribution in [2.45, 2.75) is 6.92 Å². The highest BCUT2D eigenvalue weighted by Gasteiger charge is 2.13. The topological polar surface area (TPSA) is 49.5 Å². The van der Waals surface area contributed by atoms with Crippen molar-refractivity contribution in [2.24, 2.45) is 0 Å². The van der Waals surface area contributed by atoms with Crippen molar-refractivity contribution < 1.29 is 9.52 Å². The van der Waals surface area contributed by atoms with Gasteiger partial charge in [0.15, 0.2) is 11.6 Å². The summed E-state index contributed by atoms with van der Waals surface area (Å²) in [5.41, 5.74) is 0. The van der Waals surface area contributed by atoms with Gasteiger partial charge >= 0.3 is 0 Å². The van der Waals surface area contributed by atoms with E-state index in [0.29, 0.717) is 11.6 Å². The minimum Gasteiger partial charge on any atom is -0.504 e. The Kier molecular flexibility index (Phi) is 1.84. The number of aryl methyl sites for hydroxylation is 1. The van der Waals surface area contributed by atoms with Gasteiger partial charge in [-0.25, -0.2) is 4.98 Å². The highest BCUT2D eigenvalue weighted by molar-refractivity contribution is 5.92. The van der Waals surface area contributed by atoms with Crippen molar-refractivity contribution in [3.63, 3.8) is 0 Å². The van der Waals surface area contributed by atoms with Crippen LogP contribution in [-0.4, -0.2) is 24.2 Å². The van der Waals surface area contributed by atoms with Gasteiger partial charge in [-0.3, -0.25) is 0 Å². The maximum atomic E-state index is 9.93. The fraction of sp³-hybridized carbons (Fsp3) is 0.300. The Morgan fingerprint density at radius 2 is 2.14 bits per heavy atom. The van der Waals surface area contributed by atoms with Gasteiger partial charge < -0.3 is 14.4 Å². The molecule has 0 bridgehead atoms. The average Bonchev–Trinajstić information content (AvgIpc) is 2.48. The molecule has 0 aliphatic carbocycles. The number of nitrogens with zero attached hydrogens (tertiary/aromatic N) is 2. The lowest BCUT2D eigenvalue weighted by molar-refractivity contribution is 0.477. The van der Waals surface area contributed by atoms with E-state index < -0.39 is 0 Å². The number of hydrogen-bond donors (Lipinski definition) is 1. The van der Waals surface area contributed by atoms with Gasteiger partial charge in [0.25, 0.3) is 0 Å². The molecular formula is C10H12N2O2. The van der Waals surface area contributed by atoms with E-state index in [1.807, 2.05) is 21.0 Å².